The van der Waals surface area contributed by atoms with Crippen LogP contribution >= 0.6 is 0 Å². The molecule has 1 saturated heterocycles. The van der Waals surface area contributed by atoms with E-state index in [9.17, 15) is 4.79 Å². The van der Waals surface area contributed by atoms with Gasteiger partial charge in [0, 0.05) is 50.3 Å². The molecule has 0 radical (unpaired) electrons. The predicted octanol–water partition coefficient (Wildman–Crippen LogP) is 3.49. The number of piperazine rings is 1. The Labute approximate surface area is 172 Å². The Morgan fingerprint density at radius 3 is 2.45 bits per heavy atom. The van der Waals surface area contributed by atoms with Crippen molar-refractivity contribution in [3.8, 4) is 5.69 Å². The van der Waals surface area contributed by atoms with E-state index in [0.717, 1.165) is 61.8 Å². The molecule has 0 atom stereocenters. The minimum atomic E-state index is 0.135. The van der Waals surface area contributed by atoms with Gasteiger partial charge in [0.2, 0.25) is 0 Å². The third kappa shape index (κ3) is 4.25. The van der Waals surface area contributed by atoms with Gasteiger partial charge >= 0.3 is 0 Å². The lowest BCUT2D eigenvalue weighted by Crippen LogP contribution is -2.49. The van der Waals surface area contributed by atoms with E-state index in [1.165, 1.54) is 5.56 Å². The summed E-state index contributed by atoms with van der Waals surface area (Å²) in [4.78, 5) is 21.8. The van der Waals surface area contributed by atoms with E-state index in [4.69, 9.17) is 0 Å². The highest BCUT2D eigenvalue weighted by molar-refractivity contribution is 5.96. The lowest BCUT2D eigenvalue weighted by Gasteiger charge is -2.34. The molecule has 0 spiro atoms. The van der Waals surface area contributed by atoms with E-state index in [2.05, 4.69) is 44.8 Å². The second kappa shape index (κ2) is 8.62. The first-order chi connectivity index (χ1) is 14.1. The summed E-state index contributed by atoms with van der Waals surface area (Å²) in [5.41, 5.74) is 5.19. The molecule has 0 N–H and O–H groups in total. The Morgan fingerprint density at radius 2 is 1.76 bits per heavy atom. The maximum Gasteiger partial charge on any atom is 0.255 e. The van der Waals surface area contributed by atoms with Crippen molar-refractivity contribution in [1.29, 1.82) is 0 Å². The molecule has 3 aromatic rings. The Bertz CT molecular complexity index is 957. The highest BCUT2D eigenvalue weighted by atomic mass is 16.2. The van der Waals surface area contributed by atoms with Crippen LogP contribution in [0.15, 0.2) is 60.9 Å². The van der Waals surface area contributed by atoms with Crippen LogP contribution in [0.3, 0.4) is 0 Å². The molecular weight excluding hydrogens is 360 g/mol. The fourth-order valence-corrected chi connectivity index (χ4v) is 4.14. The van der Waals surface area contributed by atoms with Crippen molar-refractivity contribution >= 4 is 5.91 Å². The number of rotatable bonds is 5. The number of aryl methyl sites for hydroxylation is 1. The average Bonchev–Trinajstić information content (AvgIpc) is 3.07. The van der Waals surface area contributed by atoms with Crippen LogP contribution in [0, 0.1) is 13.8 Å². The number of hydrogen-bond acceptors (Lipinski definition) is 3. The first-order valence-corrected chi connectivity index (χ1v) is 10.3. The quantitative estimate of drug-likeness (QED) is 0.672. The molecule has 1 aromatic carbocycles. The first-order valence-electron chi connectivity index (χ1n) is 10.3. The second-order valence-electron chi connectivity index (χ2n) is 7.70. The van der Waals surface area contributed by atoms with Crippen molar-refractivity contribution in [2.24, 2.45) is 0 Å². The van der Waals surface area contributed by atoms with Gasteiger partial charge in [-0.3, -0.25) is 14.7 Å². The van der Waals surface area contributed by atoms with Gasteiger partial charge in [-0.25, -0.2) is 0 Å². The van der Waals surface area contributed by atoms with Crippen LogP contribution in [0.2, 0.25) is 0 Å². The molecule has 1 aliphatic rings. The number of amides is 1. The Balaban J connectivity index is 1.39. The number of benzene rings is 1. The van der Waals surface area contributed by atoms with Crippen molar-refractivity contribution < 1.29 is 4.79 Å². The van der Waals surface area contributed by atoms with E-state index in [0.29, 0.717) is 0 Å². The fraction of sp³-hybridized carbons (Fsp3) is 0.333. The van der Waals surface area contributed by atoms with Gasteiger partial charge in [0.05, 0.1) is 17.4 Å². The number of nitrogens with zero attached hydrogens (tertiary/aromatic N) is 4. The highest BCUT2D eigenvalue weighted by Crippen LogP contribution is 2.22. The average molecular weight is 389 g/mol. The Kier molecular flexibility index (Phi) is 5.76. The molecule has 3 heterocycles. The summed E-state index contributed by atoms with van der Waals surface area (Å²) in [6, 6.07) is 16.5. The minimum absolute atomic E-state index is 0.135. The molecule has 0 bridgehead atoms. The molecule has 5 nitrogen and oxygen atoms in total. The molecule has 4 rings (SSSR count). The molecule has 0 saturated carbocycles. The lowest BCUT2D eigenvalue weighted by molar-refractivity contribution is 0.0638. The Hall–Kier alpha value is -2.92. The predicted molar refractivity (Wildman–Crippen MR) is 116 cm³/mol. The highest BCUT2D eigenvalue weighted by Gasteiger charge is 2.25. The van der Waals surface area contributed by atoms with E-state index in [-0.39, 0.29) is 5.91 Å². The smallest absolute Gasteiger partial charge is 0.255 e. The third-order valence-electron chi connectivity index (χ3n) is 5.78. The minimum Gasteiger partial charge on any atom is -0.336 e. The maximum absolute atomic E-state index is 13.2. The van der Waals surface area contributed by atoms with E-state index < -0.39 is 0 Å². The number of aromatic nitrogens is 2. The SMILES string of the molecule is Cc1cc(C(=O)N2CCN(CCc3ccccc3)CC2)c(C)n1-c1cccnc1. The number of carbonyl (C=O) groups excluding carboxylic acids is 1. The lowest BCUT2D eigenvalue weighted by atomic mass is 10.1. The zero-order valence-corrected chi connectivity index (χ0v) is 17.2. The third-order valence-corrected chi connectivity index (χ3v) is 5.78. The van der Waals surface area contributed by atoms with Gasteiger partial charge in [0.1, 0.15) is 0 Å². The van der Waals surface area contributed by atoms with Gasteiger partial charge in [0.15, 0.2) is 0 Å². The van der Waals surface area contributed by atoms with Crippen LogP contribution in [-0.2, 0) is 6.42 Å². The van der Waals surface area contributed by atoms with Crippen molar-refractivity contribution in [3.63, 3.8) is 0 Å². The van der Waals surface area contributed by atoms with Crippen molar-refractivity contribution in [1.82, 2.24) is 19.4 Å². The summed E-state index contributed by atoms with van der Waals surface area (Å²) in [6.45, 7) is 8.53. The number of hydrogen-bond donors (Lipinski definition) is 0. The van der Waals surface area contributed by atoms with Crippen LogP contribution < -0.4 is 0 Å². The number of pyridine rings is 1. The fourth-order valence-electron chi connectivity index (χ4n) is 4.14. The molecule has 0 aliphatic carbocycles. The van der Waals surface area contributed by atoms with Gasteiger partial charge in [0.25, 0.3) is 5.91 Å². The molecule has 29 heavy (non-hydrogen) atoms. The van der Waals surface area contributed by atoms with Gasteiger partial charge in [-0.2, -0.15) is 0 Å². The standard InChI is InChI=1S/C24H28N4O/c1-19-17-23(20(2)28(19)22-9-6-11-25-18-22)24(29)27-15-13-26(14-16-27)12-10-21-7-4-3-5-8-21/h3-9,11,17-18H,10,12-16H2,1-2H3. The van der Waals surface area contributed by atoms with Gasteiger partial charge < -0.3 is 9.47 Å². The van der Waals surface area contributed by atoms with Crippen molar-refractivity contribution in [2.75, 3.05) is 32.7 Å². The summed E-state index contributed by atoms with van der Waals surface area (Å²) < 4.78 is 2.11. The molecule has 0 unspecified atom stereocenters. The summed E-state index contributed by atoms with van der Waals surface area (Å²) >= 11 is 0. The molecule has 2 aromatic heterocycles. The largest absolute Gasteiger partial charge is 0.336 e. The van der Waals surface area contributed by atoms with E-state index >= 15 is 0 Å². The van der Waals surface area contributed by atoms with Gasteiger partial charge in [-0.05, 0) is 44.0 Å². The van der Waals surface area contributed by atoms with Gasteiger partial charge in [-0.15, -0.1) is 0 Å². The molecule has 1 aliphatic heterocycles. The molecule has 1 amide bonds. The van der Waals surface area contributed by atoms with Gasteiger partial charge in [-0.1, -0.05) is 30.3 Å². The van der Waals surface area contributed by atoms with Crippen LogP contribution in [-0.4, -0.2) is 58.0 Å². The van der Waals surface area contributed by atoms with Crippen molar-refractivity contribution in [3.05, 3.63) is 83.4 Å². The zero-order chi connectivity index (χ0) is 20.2. The van der Waals surface area contributed by atoms with Crippen LogP contribution in [0.25, 0.3) is 5.69 Å². The molecule has 150 valence electrons. The topological polar surface area (TPSA) is 41.4 Å². The molecular formula is C24H28N4O. The number of carbonyl (C=O) groups is 1. The first kappa shape index (κ1) is 19.4. The monoisotopic (exact) mass is 388 g/mol. The summed E-state index contributed by atoms with van der Waals surface area (Å²) in [5, 5.41) is 0. The normalized spacial score (nSPS) is 14.9. The summed E-state index contributed by atoms with van der Waals surface area (Å²) in [5.74, 6) is 0.135. The second-order valence-corrected chi connectivity index (χ2v) is 7.70. The molecule has 1 fully saturated rings. The zero-order valence-electron chi connectivity index (χ0n) is 17.2. The van der Waals surface area contributed by atoms with Crippen molar-refractivity contribution in [2.45, 2.75) is 20.3 Å². The summed E-state index contributed by atoms with van der Waals surface area (Å²) in [7, 11) is 0. The van der Waals surface area contributed by atoms with Crippen LogP contribution in [0.4, 0.5) is 0 Å². The van der Waals surface area contributed by atoms with E-state index in [1.54, 1.807) is 6.20 Å². The summed E-state index contributed by atoms with van der Waals surface area (Å²) in [6.07, 6.45) is 4.65. The Morgan fingerprint density at radius 1 is 1.00 bits per heavy atom. The van der Waals surface area contributed by atoms with Crippen LogP contribution in [0.5, 0.6) is 0 Å². The maximum atomic E-state index is 13.2. The molecule has 5 heteroatoms. The van der Waals surface area contributed by atoms with Crippen LogP contribution in [0.1, 0.15) is 27.3 Å². The van der Waals surface area contributed by atoms with E-state index in [1.807, 2.05) is 43.1 Å².